The molecule has 0 fully saturated rings. The summed E-state index contributed by atoms with van der Waals surface area (Å²) in [6.07, 6.45) is -0.398. The molecule has 0 aliphatic heterocycles. The van der Waals surface area contributed by atoms with Crippen LogP contribution in [0.25, 0.3) is 11.1 Å². The van der Waals surface area contributed by atoms with Gasteiger partial charge in [-0.2, -0.15) is 0 Å². The lowest BCUT2D eigenvalue weighted by Crippen LogP contribution is -2.08. The number of nitrogens with one attached hydrogen (secondary N) is 1. The molecule has 32 heavy (non-hydrogen) atoms. The fourth-order valence-electron chi connectivity index (χ4n) is 3.31. The summed E-state index contributed by atoms with van der Waals surface area (Å²) in [6.45, 7) is 1.88. The van der Waals surface area contributed by atoms with Crippen LogP contribution in [0.4, 0.5) is 26.1 Å². The van der Waals surface area contributed by atoms with Gasteiger partial charge in [-0.05, 0) is 18.6 Å². The van der Waals surface area contributed by atoms with E-state index in [0.29, 0.717) is 16.9 Å². The fraction of sp³-hybridized carbons (Fsp3) is 0.182. The molecule has 2 aromatic carbocycles. The van der Waals surface area contributed by atoms with Crippen LogP contribution in [0.2, 0.25) is 0 Å². The summed E-state index contributed by atoms with van der Waals surface area (Å²) >= 11 is 0. The Morgan fingerprint density at radius 2 is 1.81 bits per heavy atom. The number of anilines is 3. The first-order valence-corrected chi connectivity index (χ1v) is 9.50. The minimum Gasteiger partial charge on any atom is -0.494 e. The zero-order valence-corrected chi connectivity index (χ0v) is 17.4. The molecular weight excluding hydrogens is 422 g/mol. The minimum absolute atomic E-state index is 0.130. The van der Waals surface area contributed by atoms with Crippen LogP contribution in [-0.2, 0) is 0 Å². The third-order valence-corrected chi connectivity index (χ3v) is 4.98. The van der Waals surface area contributed by atoms with Crippen molar-refractivity contribution < 1.29 is 27.8 Å². The summed E-state index contributed by atoms with van der Waals surface area (Å²) in [7, 11) is 2.44. The van der Waals surface area contributed by atoms with E-state index in [4.69, 9.17) is 19.6 Å². The average Bonchev–Trinajstić information content (AvgIpc) is 3.20. The number of ether oxygens (including phenoxy) is 2. The Bertz CT molecular complexity index is 1260. The van der Waals surface area contributed by atoms with Crippen LogP contribution in [0.5, 0.6) is 11.5 Å². The maximum Gasteiger partial charge on any atom is 0.228 e. The molecule has 8 nitrogen and oxygen atoms in total. The summed E-state index contributed by atoms with van der Waals surface area (Å²) in [5.74, 6) is -2.59. The second kappa shape index (κ2) is 8.31. The molecular formula is C22H20F2N4O4. The molecule has 2 aromatic heterocycles. The zero-order chi connectivity index (χ0) is 23.0. The van der Waals surface area contributed by atoms with Gasteiger partial charge in [0.25, 0.3) is 0 Å². The Morgan fingerprint density at radius 3 is 2.44 bits per heavy atom. The SMILES string of the molecule is COc1cc(OC)c(F)c(C(O)c2cc3nc(Nc4c(C)cccc4N)ncc3o2)c1F. The maximum absolute atomic E-state index is 14.8. The van der Waals surface area contributed by atoms with Gasteiger partial charge < -0.3 is 30.0 Å². The quantitative estimate of drug-likeness (QED) is 0.380. The largest absolute Gasteiger partial charge is 0.494 e. The van der Waals surface area contributed by atoms with E-state index in [1.807, 2.05) is 19.1 Å². The number of furan rings is 1. The molecule has 0 bridgehead atoms. The number of halogens is 2. The van der Waals surface area contributed by atoms with Crippen molar-refractivity contribution >= 4 is 28.4 Å². The molecule has 0 aliphatic carbocycles. The maximum atomic E-state index is 14.8. The Morgan fingerprint density at radius 1 is 1.12 bits per heavy atom. The van der Waals surface area contributed by atoms with Crippen molar-refractivity contribution in [3.8, 4) is 11.5 Å². The van der Waals surface area contributed by atoms with Crippen molar-refractivity contribution in [2.75, 3.05) is 25.3 Å². The molecule has 4 aromatic rings. The lowest BCUT2D eigenvalue weighted by molar-refractivity contribution is 0.179. The van der Waals surface area contributed by atoms with Gasteiger partial charge >= 0.3 is 0 Å². The second-order valence-corrected chi connectivity index (χ2v) is 6.98. The molecule has 4 rings (SSSR count). The van der Waals surface area contributed by atoms with E-state index in [1.165, 1.54) is 26.5 Å². The molecule has 10 heteroatoms. The van der Waals surface area contributed by atoms with Gasteiger partial charge in [-0.25, -0.2) is 18.7 Å². The van der Waals surface area contributed by atoms with E-state index >= 15 is 0 Å². The molecule has 1 unspecified atom stereocenters. The summed E-state index contributed by atoms with van der Waals surface area (Å²) in [6, 6.07) is 7.88. The van der Waals surface area contributed by atoms with Crippen molar-refractivity contribution in [3.05, 3.63) is 65.1 Å². The molecule has 0 radical (unpaired) electrons. The molecule has 4 N–H and O–H groups in total. The zero-order valence-electron chi connectivity index (χ0n) is 17.4. The van der Waals surface area contributed by atoms with Gasteiger partial charge in [-0.1, -0.05) is 12.1 Å². The predicted molar refractivity (Wildman–Crippen MR) is 114 cm³/mol. The smallest absolute Gasteiger partial charge is 0.228 e. The molecule has 166 valence electrons. The van der Waals surface area contributed by atoms with Crippen molar-refractivity contribution in [1.82, 2.24) is 9.97 Å². The monoisotopic (exact) mass is 442 g/mol. The lowest BCUT2D eigenvalue weighted by atomic mass is 10.0. The molecule has 0 saturated carbocycles. The van der Waals surface area contributed by atoms with Crippen molar-refractivity contribution in [2.24, 2.45) is 0 Å². The molecule has 0 spiro atoms. The number of rotatable bonds is 6. The van der Waals surface area contributed by atoms with Crippen molar-refractivity contribution in [3.63, 3.8) is 0 Å². The average molecular weight is 442 g/mol. The Kier molecular flexibility index (Phi) is 5.54. The molecule has 2 heterocycles. The number of hydrogen-bond acceptors (Lipinski definition) is 8. The summed E-state index contributed by atoms with van der Waals surface area (Å²) in [4.78, 5) is 8.52. The number of nitrogen functional groups attached to an aromatic ring is 1. The van der Waals surface area contributed by atoms with Gasteiger partial charge in [0.1, 0.15) is 17.4 Å². The Labute approximate surface area is 181 Å². The second-order valence-electron chi connectivity index (χ2n) is 6.98. The number of hydrogen-bond donors (Lipinski definition) is 3. The van der Waals surface area contributed by atoms with Gasteiger partial charge in [0.15, 0.2) is 28.7 Å². The number of nitrogens with zero attached hydrogens (tertiary/aromatic N) is 2. The number of nitrogens with two attached hydrogens (primary N) is 1. The third-order valence-electron chi connectivity index (χ3n) is 4.98. The number of benzene rings is 2. The van der Waals surface area contributed by atoms with E-state index in [1.54, 1.807) is 6.07 Å². The topological polar surface area (TPSA) is 116 Å². The number of para-hydroxylation sites is 1. The van der Waals surface area contributed by atoms with Gasteiger partial charge in [-0.15, -0.1) is 0 Å². The van der Waals surface area contributed by atoms with E-state index in [2.05, 4.69) is 15.3 Å². The van der Waals surface area contributed by atoms with Crippen LogP contribution in [0, 0.1) is 18.6 Å². The van der Waals surface area contributed by atoms with Gasteiger partial charge in [0.05, 0.1) is 37.4 Å². The lowest BCUT2D eigenvalue weighted by Gasteiger charge is -2.15. The first-order chi connectivity index (χ1) is 15.3. The van der Waals surface area contributed by atoms with Crippen LogP contribution in [-0.4, -0.2) is 29.3 Å². The molecule has 0 amide bonds. The Hall–Kier alpha value is -3.92. The first-order valence-electron chi connectivity index (χ1n) is 9.50. The number of fused-ring (bicyclic) bond motifs is 1. The normalized spacial score (nSPS) is 12.1. The van der Waals surface area contributed by atoms with Gasteiger partial charge in [0, 0.05) is 12.1 Å². The van der Waals surface area contributed by atoms with Crippen molar-refractivity contribution in [2.45, 2.75) is 13.0 Å². The number of aryl methyl sites for hydroxylation is 1. The van der Waals surface area contributed by atoms with E-state index < -0.39 is 23.3 Å². The molecule has 0 aliphatic rings. The summed E-state index contributed by atoms with van der Waals surface area (Å²) in [5, 5.41) is 13.8. The number of aliphatic hydroxyl groups is 1. The first kappa shape index (κ1) is 21.3. The highest BCUT2D eigenvalue weighted by atomic mass is 19.1. The van der Waals surface area contributed by atoms with Crippen LogP contribution < -0.4 is 20.5 Å². The van der Waals surface area contributed by atoms with Crippen LogP contribution >= 0.6 is 0 Å². The van der Waals surface area contributed by atoms with E-state index in [0.717, 1.165) is 11.6 Å². The number of aliphatic hydroxyl groups excluding tert-OH is 1. The highest BCUT2D eigenvalue weighted by Gasteiger charge is 2.29. The highest BCUT2D eigenvalue weighted by Crippen LogP contribution is 2.38. The van der Waals surface area contributed by atoms with E-state index in [-0.39, 0.29) is 28.8 Å². The molecule has 0 saturated heterocycles. The van der Waals surface area contributed by atoms with Crippen molar-refractivity contribution in [1.29, 1.82) is 0 Å². The molecule has 1 atom stereocenters. The minimum atomic E-state index is -1.78. The summed E-state index contributed by atoms with van der Waals surface area (Å²) in [5.41, 5.74) is 7.95. The van der Waals surface area contributed by atoms with Gasteiger partial charge in [-0.3, -0.25) is 0 Å². The van der Waals surface area contributed by atoms with Crippen LogP contribution in [0.15, 0.2) is 40.9 Å². The number of aromatic nitrogens is 2. The third kappa shape index (κ3) is 3.65. The van der Waals surface area contributed by atoms with E-state index in [9.17, 15) is 13.9 Å². The Balaban J connectivity index is 1.72. The fourth-order valence-corrected chi connectivity index (χ4v) is 3.31. The van der Waals surface area contributed by atoms with Gasteiger partial charge in [0.2, 0.25) is 5.95 Å². The van der Waals surface area contributed by atoms with Crippen LogP contribution in [0.3, 0.4) is 0 Å². The van der Waals surface area contributed by atoms with Crippen LogP contribution in [0.1, 0.15) is 23.0 Å². The predicted octanol–water partition coefficient (Wildman–Crippen LogP) is 4.23. The standard InChI is InChI=1S/C22H20F2N4O4/c1-10-5-4-6-11(25)20(10)28-22-26-9-16-12(27-22)7-15(32-16)21(29)17-18(23)13(30-2)8-14(31-3)19(17)24/h4-9,21,29H,25H2,1-3H3,(H,26,27,28). The number of methoxy groups -OCH3 is 2. The highest BCUT2D eigenvalue weighted by molar-refractivity contribution is 5.77. The summed E-state index contributed by atoms with van der Waals surface area (Å²) < 4.78 is 44.9.